The zero-order chi connectivity index (χ0) is 13.5. The first kappa shape index (κ1) is 14.5. The van der Waals surface area contributed by atoms with Gasteiger partial charge in [0.05, 0.1) is 12.4 Å². The van der Waals surface area contributed by atoms with Crippen LogP contribution >= 0.6 is 0 Å². The van der Waals surface area contributed by atoms with Crippen molar-refractivity contribution >= 4 is 0 Å². The molecule has 1 aromatic heterocycles. The van der Waals surface area contributed by atoms with Gasteiger partial charge in [0.25, 0.3) is 0 Å². The molecule has 1 fully saturated rings. The summed E-state index contributed by atoms with van der Waals surface area (Å²) in [6.45, 7) is 2.09. The maximum atomic E-state index is 5.39. The van der Waals surface area contributed by atoms with Crippen molar-refractivity contribution in [1.29, 1.82) is 0 Å². The van der Waals surface area contributed by atoms with Gasteiger partial charge in [-0.05, 0) is 38.1 Å². The Balaban J connectivity index is 1.85. The number of nitrogens with zero attached hydrogens (tertiary/aromatic N) is 2. The van der Waals surface area contributed by atoms with Crippen LogP contribution in [-0.2, 0) is 16.0 Å². The zero-order valence-corrected chi connectivity index (χ0v) is 11.9. The highest BCUT2D eigenvalue weighted by Gasteiger charge is 2.26. The molecule has 2 atom stereocenters. The quantitative estimate of drug-likeness (QED) is 0.796. The van der Waals surface area contributed by atoms with E-state index in [0.29, 0.717) is 6.04 Å². The van der Waals surface area contributed by atoms with E-state index in [4.69, 9.17) is 9.47 Å². The van der Waals surface area contributed by atoms with E-state index in [2.05, 4.69) is 14.9 Å². The molecule has 0 radical (unpaired) electrons. The summed E-state index contributed by atoms with van der Waals surface area (Å²) < 4.78 is 12.9. The van der Waals surface area contributed by atoms with Gasteiger partial charge in [0, 0.05) is 33.2 Å². The van der Waals surface area contributed by atoms with Gasteiger partial charge in [0.2, 0.25) is 0 Å². The fourth-order valence-corrected chi connectivity index (χ4v) is 2.88. The standard InChI is InChI=1S/C14H25N3O2/c1-18-14(19-2)13-10-12(4-3-6-16-13)5-8-17-9-7-15-11-17/h7,9,11-14,16H,3-6,8,10H2,1-2H3. The van der Waals surface area contributed by atoms with E-state index in [-0.39, 0.29) is 6.29 Å². The second kappa shape index (κ2) is 7.62. The van der Waals surface area contributed by atoms with E-state index in [1.165, 1.54) is 19.3 Å². The summed E-state index contributed by atoms with van der Waals surface area (Å²) in [7, 11) is 3.42. The molecule has 1 N–H and O–H groups in total. The zero-order valence-electron chi connectivity index (χ0n) is 11.9. The third-order valence-electron chi connectivity index (χ3n) is 3.93. The highest BCUT2D eigenvalue weighted by molar-refractivity contribution is 4.80. The van der Waals surface area contributed by atoms with Gasteiger partial charge in [-0.25, -0.2) is 4.98 Å². The van der Waals surface area contributed by atoms with Crippen LogP contribution in [0.25, 0.3) is 0 Å². The normalized spacial score (nSPS) is 24.6. The lowest BCUT2D eigenvalue weighted by molar-refractivity contribution is -0.125. The molecule has 2 rings (SSSR count). The van der Waals surface area contributed by atoms with Crippen molar-refractivity contribution in [3.8, 4) is 0 Å². The Kier molecular flexibility index (Phi) is 5.82. The molecule has 2 heterocycles. The first-order chi connectivity index (χ1) is 9.33. The topological polar surface area (TPSA) is 48.3 Å². The molecular formula is C14H25N3O2. The number of imidazole rings is 1. The molecule has 0 bridgehead atoms. The lowest BCUT2D eigenvalue weighted by Crippen LogP contribution is -2.42. The van der Waals surface area contributed by atoms with Crippen molar-refractivity contribution in [2.75, 3.05) is 20.8 Å². The Labute approximate surface area is 115 Å². The van der Waals surface area contributed by atoms with Crippen LogP contribution in [0.15, 0.2) is 18.7 Å². The second-order valence-corrected chi connectivity index (χ2v) is 5.23. The average Bonchev–Trinajstić information content (AvgIpc) is 2.84. The highest BCUT2D eigenvalue weighted by Crippen LogP contribution is 2.23. The Hall–Kier alpha value is -0.910. The molecule has 0 aromatic carbocycles. The predicted molar refractivity (Wildman–Crippen MR) is 73.8 cm³/mol. The first-order valence-electron chi connectivity index (χ1n) is 7.08. The van der Waals surface area contributed by atoms with E-state index in [1.54, 1.807) is 14.2 Å². The molecule has 1 aliphatic heterocycles. The summed E-state index contributed by atoms with van der Waals surface area (Å²) in [6, 6.07) is 0.297. The predicted octanol–water partition coefficient (Wildman–Crippen LogP) is 1.65. The number of ether oxygens (including phenoxy) is 2. The number of nitrogens with one attached hydrogen (secondary N) is 1. The largest absolute Gasteiger partial charge is 0.354 e. The lowest BCUT2D eigenvalue weighted by Gasteiger charge is -2.26. The average molecular weight is 267 g/mol. The molecule has 1 aliphatic rings. The Morgan fingerprint density at radius 1 is 1.42 bits per heavy atom. The Morgan fingerprint density at radius 3 is 2.95 bits per heavy atom. The molecule has 2 unspecified atom stereocenters. The van der Waals surface area contributed by atoms with E-state index in [0.717, 1.165) is 25.4 Å². The van der Waals surface area contributed by atoms with Crippen molar-refractivity contribution in [2.45, 2.75) is 44.6 Å². The summed E-state index contributed by atoms with van der Waals surface area (Å²) in [5, 5.41) is 3.54. The van der Waals surface area contributed by atoms with Crippen LogP contribution in [-0.4, -0.2) is 42.6 Å². The van der Waals surface area contributed by atoms with E-state index in [1.807, 2.05) is 18.7 Å². The Bertz CT molecular complexity index is 338. The number of aryl methyl sites for hydroxylation is 1. The van der Waals surface area contributed by atoms with Gasteiger partial charge in [-0.3, -0.25) is 0 Å². The van der Waals surface area contributed by atoms with Crippen LogP contribution in [0.1, 0.15) is 25.7 Å². The molecule has 5 heteroatoms. The molecule has 0 saturated carbocycles. The second-order valence-electron chi connectivity index (χ2n) is 5.23. The van der Waals surface area contributed by atoms with Crippen LogP contribution in [0.3, 0.4) is 0 Å². The van der Waals surface area contributed by atoms with E-state index >= 15 is 0 Å². The molecule has 0 spiro atoms. The third-order valence-corrected chi connectivity index (χ3v) is 3.93. The Morgan fingerprint density at radius 2 is 2.26 bits per heavy atom. The molecule has 0 amide bonds. The van der Waals surface area contributed by atoms with Crippen LogP contribution in [0, 0.1) is 5.92 Å². The molecule has 0 aliphatic carbocycles. The minimum atomic E-state index is -0.145. The smallest absolute Gasteiger partial charge is 0.171 e. The van der Waals surface area contributed by atoms with Crippen molar-refractivity contribution in [3.63, 3.8) is 0 Å². The maximum Gasteiger partial charge on any atom is 0.171 e. The maximum absolute atomic E-state index is 5.39. The number of hydrogen-bond acceptors (Lipinski definition) is 4. The SMILES string of the molecule is COC(OC)C1CC(CCn2ccnc2)CCCN1. The number of hydrogen-bond donors (Lipinski definition) is 1. The highest BCUT2D eigenvalue weighted by atomic mass is 16.7. The third kappa shape index (κ3) is 4.30. The summed E-state index contributed by atoms with van der Waals surface area (Å²) in [4.78, 5) is 4.08. The summed E-state index contributed by atoms with van der Waals surface area (Å²) in [6.07, 6.45) is 10.4. The van der Waals surface area contributed by atoms with Crippen molar-refractivity contribution in [1.82, 2.24) is 14.9 Å². The summed E-state index contributed by atoms with van der Waals surface area (Å²) >= 11 is 0. The minimum Gasteiger partial charge on any atom is -0.354 e. The minimum absolute atomic E-state index is 0.145. The van der Waals surface area contributed by atoms with Gasteiger partial charge in [-0.2, -0.15) is 0 Å². The molecule has 1 aromatic rings. The van der Waals surface area contributed by atoms with E-state index in [9.17, 15) is 0 Å². The fraction of sp³-hybridized carbons (Fsp3) is 0.786. The van der Waals surface area contributed by atoms with Crippen LogP contribution < -0.4 is 5.32 Å². The monoisotopic (exact) mass is 267 g/mol. The van der Waals surface area contributed by atoms with Gasteiger partial charge >= 0.3 is 0 Å². The van der Waals surface area contributed by atoms with Crippen LogP contribution in [0.4, 0.5) is 0 Å². The molecule has 19 heavy (non-hydrogen) atoms. The van der Waals surface area contributed by atoms with Gasteiger partial charge in [-0.15, -0.1) is 0 Å². The number of methoxy groups -OCH3 is 2. The van der Waals surface area contributed by atoms with Crippen molar-refractivity contribution in [3.05, 3.63) is 18.7 Å². The summed E-state index contributed by atoms with van der Waals surface area (Å²) in [5.41, 5.74) is 0. The molecular weight excluding hydrogens is 242 g/mol. The van der Waals surface area contributed by atoms with Gasteiger partial charge in [0.15, 0.2) is 6.29 Å². The van der Waals surface area contributed by atoms with Crippen molar-refractivity contribution < 1.29 is 9.47 Å². The van der Waals surface area contributed by atoms with Crippen molar-refractivity contribution in [2.24, 2.45) is 5.92 Å². The first-order valence-corrected chi connectivity index (χ1v) is 7.08. The molecule has 1 saturated heterocycles. The lowest BCUT2D eigenvalue weighted by atomic mass is 9.93. The van der Waals surface area contributed by atoms with Gasteiger partial charge in [-0.1, -0.05) is 0 Å². The number of rotatable bonds is 6. The van der Waals surface area contributed by atoms with Gasteiger partial charge in [0.1, 0.15) is 0 Å². The van der Waals surface area contributed by atoms with Gasteiger partial charge < -0.3 is 19.4 Å². The molecule has 5 nitrogen and oxygen atoms in total. The van der Waals surface area contributed by atoms with Crippen LogP contribution in [0.5, 0.6) is 0 Å². The number of aromatic nitrogens is 2. The van der Waals surface area contributed by atoms with E-state index < -0.39 is 0 Å². The summed E-state index contributed by atoms with van der Waals surface area (Å²) in [5.74, 6) is 0.718. The van der Waals surface area contributed by atoms with Crippen LogP contribution in [0.2, 0.25) is 0 Å². The fourth-order valence-electron chi connectivity index (χ4n) is 2.88. The molecule has 108 valence electrons.